The van der Waals surface area contributed by atoms with Crippen molar-refractivity contribution in [2.24, 2.45) is 0 Å². The van der Waals surface area contributed by atoms with E-state index < -0.39 is 5.97 Å². The third-order valence-corrected chi connectivity index (χ3v) is 2.31. The molecule has 0 aromatic rings. The second-order valence-corrected chi connectivity index (χ2v) is 3.17. The fourth-order valence-electron chi connectivity index (χ4n) is 1.72. The van der Waals surface area contributed by atoms with Crippen LogP contribution >= 0.6 is 0 Å². The van der Waals surface area contributed by atoms with Gasteiger partial charge >= 0.3 is 5.97 Å². The van der Waals surface area contributed by atoms with Crippen LogP contribution in [0.4, 0.5) is 0 Å². The maximum Gasteiger partial charge on any atom is 0.307 e. The predicted octanol–water partition coefficient (Wildman–Crippen LogP) is 1.98. The molecule has 0 saturated carbocycles. The summed E-state index contributed by atoms with van der Waals surface area (Å²) in [6.45, 7) is 0. The zero-order valence-electron chi connectivity index (χ0n) is 7.12. The van der Waals surface area contributed by atoms with Gasteiger partial charge in [-0.15, -0.1) is 0 Å². The first-order valence-electron chi connectivity index (χ1n) is 4.22. The van der Waals surface area contributed by atoms with Gasteiger partial charge in [-0.3, -0.25) is 4.79 Å². The van der Waals surface area contributed by atoms with Crippen LogP contribution in [-0.2, 0) is 9.53 Å². The standard InChI is InChI=1S/C10H10O3/c11-10(12)5-7-1-2-8-6-13-4-3-9(7)8/h3-4,6H,1-2,5H2,(H,11,12). The third kappa shape index (κ3) is 1.49. The molecule has 1 aliphatic carbocycles. The number of rotatable bonds is 2. The lowest BCUT2D eigenvalue weighted by Gasteiger charge is -2.06. The molecule has 2 aliphatic rings. The van der Waals surface area contributed by atoms with Gasteiger partial charge in [-0.2, -0.15) is 0 Å². The molecular weight excluding hydrogens is 168 g/mol. The molecule has 1 aliphatic heterocycles. The van der Waals surface area contributed by atoms with E-state index in [9.17, 15) is 4.79 Å². The summed E-state index contributed by atoms with van der Waals surface area (Å²) in [4.78, 5) is 10.5. The van der Waals surface area contributed by atoms with Crippen molar-refractivity contribution in [3.63, 3.8) is 0 Å². The predicted molar refractivity (Wildman–Crippen MR) is 46.8 cm³/mol. The number of ether oxygens (including phenoxy) is 1. The summed E-state index contributed by atoms with van der Waals surface area (Å²) >= 11 is 0. The summed E-state index contributed by atoms with van der Waals surface area (Å²) in [5, 5.41) is 8.66. The zero-order valence-corrected chi connectivity index (χ0v) is 7.12. The third-order valence-electron chi connectivity index (χ3n) is 2.31. The molecule has 0 saturated heterocycles. The van der Waals surface area contributed by atoms with E-state index in [0.717, 1.165) is 29.6 Å². The molecule has 13 heavy (non-hydrogen) atoms. The van der Waals surface area contributed by atoms with E-state index in [1.165, 1.54) is 0 Å². The lowest BCUT2D eigenvalue weighted by molar-refractivity contribution is -0.136. The second kappa shape index (κ2) is 3.09. The van der Waals surface area contributed by atoms with Gasteiger partial charge in [0.2, 0.25) is 0 Å². The van der Waals surface area contributed by atoms with Crippen molar-refractivity contribution in [1.29, 1.82) is 0 Å². The molecule has 3 heteroatoms. The summed E-state index contributed by atoms with van der Waals surface area (Å²) < 4.78 is 5.01. The Bertz CT molecular complexity index is 334. The van der Waals surface area contributed by atoms with Crippen molar-refractivity contribution >= 4 is 5.97 Å². The molecule has 68 valence electrons. The summed E-state index contributed by atoms with van der Waals surface area (Å²) in [7, 11) is 0. The normalized spacial score (nSPS) is 19.5. The Morgan fingerprint density at radius 2 is 2.38 bits per heavy atom. The van der Waals surface area contributed by atoms with Crippen LogP contribution in [0, 0.1) is 0 Å². The van der Waals surface area contributed by atoms with Crippen LogP contribution in [0.25, 0.3) is 0 Å². The van der Waals surface area contributed by atoms with E-state index in [1.807, 2.05) is 6.08 Å². The SMILES string of the molecule is O=C(O)CC1=C2C=COC=C2CC1. The molecule has 0 spiro atoms. The van der Waals surface area contributed by atoms with Crippen molar-refractivity contribution in [1.82, 2.24) is 0 Å². The Hall–Kier alpha value is -1.51. The quantitative estimate of drug-likeness (QED) is 0.703. The maximum absolute atomic E-state index is 10.5. The van der Waals surface area contributed by atoms with Crippen LogP contribution in [0.3, 0.4) is 0 Å². The summed E-state index contributed by atoms with van der Waals surface area (Å²) in [5.41, 5.74) is 3.20. The highest BCUT2D eigenvalue weighted by Gasteiger charge is 2.21. The zero-order chi connectivity index (χ0) is 9.26. The van der Waals surface area contributed by atoms with Gasteiger partial charge in [0.05, 0.1) is 18.9 Å². The molecule has 0 radical (unpaired) electrons. The first-order chi connectivity index (χ1) is 6.27. The average molecular weight is 178 g/mol. The first kappa shape index (κ1) is 8.10. The number of carboxylic acids is 1. The minimum atomic E-state index is -0.761. The van der Waals surface area contributed by atoms with Gasteiger partial charge < -0.3 is 9.84 Å². The second-order valence-electron chi connectivity index (χ2n) is 3.17. The maximum atomic E-state index is 10.5. The van der Waals surface area contributed by atoms with Gasteiger partial charge in [-0.05, 0) is 30.1 Å². The van der Waals surface area contributed by atoms with E-state index in [1.54, 1.807) is 12.5 Å². The monoisotopic (exact) mass is 178 g/mol. The van der Waals surface area contributed by atoms with Crippen LogP contribution in [0.1, 0.15) is 19.3 Å². The molecule has 1 heterocycles. The highest BCUT2D eigenvalue weighted by atomic mass is 16.5. The Kier molecular flexibility index (Phi) is 1.93. The van der Waals surface area contributed by atoms with Crippen LogP contribution < -0.4 is 0 Å². The van der Waals surface area contributed by atoms with Crippen molar-refractivity contribution in [2.45, 2.75) is 19.3 Å². The van der Waals surface area contributed by atoms with Crippen molar-refractivity contribution in [3.8, 4) is 0 Å². The molecule has 3 nitrogen and oxygen atoms in total. The number of fused-ring (bicyclic) bond motifs is 1. The molecule has 1 N–H and O–H groups in total. The van der Waals surface area contributed by atoms with Crippen LogP contribution in [-0.4, -0.2) is 11.1 Å². The number of hydrogen-bond donors (Lipinski definition) is 1. The van der Waals surface area contributed by atoms with Gasteiger partial charge in [0.1, 0.15) is 0 Å². The van der Waals surface area contributed by atoms with E-state index in [-0.39, 0.29) is 6.42 Å². The number of allylic oxidation sites excluding steroid dienone is 3. The number of carboxylic acid groups (broad SMARTS) is 1. The van der Waals surface area contributed by atoms with Gasteiger partial charge in [0, 0.05) is 0 Å². The largest absolute Gasteiger partial charge is 0.481 e. The number of carbonyl (C=O) groups is 1. The van der Waals surface area contributed by atoms with Crippen LogP contribution in [0.15, 0.2) is 35.3 Å². The molecule has 0 fully saturated rings. The molecule has 2 rings (SSSR count). The molecule has 0 atom stereocenters. The lowest BCUT2D eigenvalue weighted by atomic mass is 10.1. The number of hydrogen-bond acceptors (Lipinski definition) is 2. The van der Waals surface area contributed by atoms with E-state index >= 15 is 0 Å². The Morgan fingerprint density at radius 3 is 3.15 bits per heavy atom. The average Bonchev–Trinajstić information content (AvgIpc) is 2.48. The smallest absolute Gasteiger partial charge is 0.307 e. The lowest BCUT2D eigenvalue weighted by Crippen LogP contribution is -1.97. The molecular formula is C10H10O3. The van der Waals surface area contributed by atoms with E-state index in [4.69, 9.17) is 9.84 Å². The molecule has 0 aromatic carbocycles. The van der Waals surface area contributed by atoms with Crippen molar-refractivity contribution in [3.05, 3.63) is 35.3 Å². The van der Waals surface area contributed by atoms with Gasteiger partial charge in [-0.25, -0.2) is 0 Å². The Morgan fingerprint density at radius 1 is 1.54 bits per heavy atom. The summed E-state index contributed by atoms with van der Waals surface area (Å²) in [5.74, 6) is -0.761. The Balaban J connectivity index is 2.27. The van der Waals surface area contributed by atoms with Crippen LogP contribution in [0.2, 0.25) is 0 Å². The van der Waals surface area contributed by atoms with Crippen LogP contribution in [0.5, 0.6) is 0 Å². The Labute approximate surface area is 76.0 Å². The molecule has 0 aromatic heterocycles. The highest BCUT2D eigenvalue weighted by molar-refractivity contribution is 5.72. The highest BCUT2D eigenvalue weighted by Crippen LogP contribution is 2.35. The molecule has 0 bridgehead atoms. The van der Waals surface area contributed by atoms with E-state index in [2.05, 4.69) is 0 Å². The fourth-order valence-corrected chi connectivity index (χ4v) is 1.72. The molecule has 0 unspecified atom stereocenters. The topological polar surface area (TPSA) is 46.5 Å². The van der Waals surface area contributed by atoms with Gasteiger partial charge in [0.15, 0.2) is 0 Å². The fraction of sp³-hybridized carbons (Fsp3) is 0.300. The molecule has 0 amide bonds. The summed E-state index contributed by atoms with van der Waals surface area (Å²) in [6.07, 6.45) is 7.04. The van der Waals surface area contributed by atoms with E-state index in [0.29, 0.717) is 0 Å². The number of aliphatic carboxylic acids is 1. The summed E-state index contributed by atoms with van der Waals surface area (Å²) in [6, 6.07) is 0. The first-order valence-corrected chi connectivity index (χ1v) is 4.22. The minimum Gasteiger partial charge on any atom is -0.481 e. The van der Waals surface area contributed by atoms with Gasteiger partial charge in [0.25, 0.3) is 0 Å². The van der Waals surface area contributed by atoms with Crippen molar-refractivity contribution in [2.75, 3.05) is 0 Å². The minimum absolute atomic E-state index is 0.150. The van der Waals surface area contributed by atoms with Crippen molar-refractivity contribution < 1.29 is 14.6 Å². The van der Waals surface area contributed by atoms with Gasteiger partial charge in [-0.1, -0.05) is 5.57 Å².